The molecule has 1 N–H and O–H groups in total. The lowest BCUT2D eigenvalue weighted by Gasteiger charge is -2.25. The maximum atomic E-state index is 13.2. The van der Waals surface area contributed by atoms with Gasteiger partial charge in [-0.1, -0.05) is 60.9 Å². The van der Waals surface area contributed by atoms with E-state index in [0.29, 0.717) is 10.5 Å². The van der Waals surface area contributed by atoms with E-state index in [0.717, 1.165) is 31.2 Å². The van der Waals surface area contributed by atoms with Gasteiger partial charge < -0.3 is 0 Å². The number of Topliss-reactive ketones (excluding diaryl/α,β-unsaturated/α-hetero) is 1. The molecule has 0 amide bonds. The third kappa shape index (κ3) is 4.22. The Morgan fingerprint density at radius 3 is 2.27 bits per heavy atom. The Balaban J connectivity index is 1.81. The van der Waals surface area contributed by atoms with Gasteiger partial charge in [-0.25, -0.2) is 8.42 Å². The van der Waals surface area contributed by atoms with Gasteiger partial charge in [-0.05, 0) is 37.8 Å². The van der Waals surface area contributed by atoms with Crippen LogP contribution in [0, 0.1) is 12.8 Å². The molecular formula is C21H25NO3S. The number of hydrogen-bond acceptors (Lipinski definition) is 4. The Morgan fingerprint density at radius 1 is 1.04 bits per heavy atom. The van der Waals surface area contributed by atoms with Crippen LogP contribution in [0.15, 0.2) is 59.5 Å². The van der Waals surface area contributed by atoms with Gasteiger partial charge in [-0.3, -0.25) is 10.1 Å². The van der Waals surface area contributed by atoms with Crippen LogP contribution in [0.25, 0.3) is 0 Å². The van der Waals surface area contributed by atoms with Crippen LogP contribution in [-0.4, -0.2) is 26.1 Å². The van der Waals surface area contributed by atoms with Gasteiger partial charge in [0.05, 0.1) is 11.4 Å². The molecule has 0 bridgehead atoms. The maximum absolute atomic E-state index is 13.2. The zero-order chi connectivity index (χ0) is 18.6. The lowest BCUT2D eigenvalue weighted by Crippen LogP contribution is -2.44. The van der Waals surface area contributed by atoms with Crippen LogP contribution in [0.1, 0.15) is 41.6 Å². The van der Waals surface area contributed by atoms with Gasteiger partial charge in [0.2, 0.25) is 0 Å². The minimum absolute atomic E-state index is 0.0241. The fourth-order valence-corrected chi connectivity index (χ4v) is 5.47. The van der Waals surface area contributed by atoms with E-state index in [1.165, 1.54) is 0 Å². The van der Waals surface area contributed by atoms with Crippen molar-refractivity contribution < 1.29 is 13.2 Å². The average molecular weight is 372 g/mol. The monoisotopic (exact) mass is 371 g/mol. The number of rotatable bonds is 7. The highest BCUT2D eigenvalue weighted by atomic mass is 32.2. The molecule has 2 aromatic rings. The van der Waals surface area contributed by atoms with E-state index >= 15 is 0 Å². The van der Waals surface area contributed by atoms with Gasteiger partial charge in [-0.15, -0.1) is 0 Å². The maximum Gasteiger partial charge on any atom is 0.194 e. The van der Waals surface area contributed by atoms with E-state index in [1.54, 1.807) is 24.3 Å². The summed E-state index contributed by atoms with van der Waals surface area (Å²) in [6.07, 6.45) is 3.84. The smallest absolute Gasteiger partial charge is 0.194 e. The van der Waals surface area contributed by atoms with E-state index in [4.69, 9.17) is 0 Å². The van der Waals surface area contributed by atoms with Crippen molar-refractivity contribution in [2.45, 2.75) is 42.9 Å². The topological polar surface area (TPSA) is 63.2 Å². The van der Waals surface area contributed by atoms with Crippen LogP contribution in [0.4, 0.5) is 0 Å². The average Bonchev–Trinajstić information content (AvgIpc) is 3.17. The zero-order valence-corrected chi connectivity index (χ0v) is 15.8. The molecule has 4 nitrogen and oxygen atoms in total. The molecule has 0 heterocycles. The molecule has 2 aromatic carbocycles. The number of benzene rings is 2. The molecular weight excluding hydrogens is 346 g/mol. The van der Waals surface area contributed by atoms with Crippen LogP contribution >= 0.6 is 0 Å². The lowest BCUT2D eigenvalue weighted by molar-refractivity contribution is 0.0988. The molecule has 5 heteroatoms. The molecule has 0 spiro atoms. The molecule has 1 aliphatic carbocycles. The molecule has 0 aromatic heterocycles. The quantitative estimate of drug-likeness (QED) is 0.753. The van der Waals surface area contributed by atoms with Gasteiger partial charge >= 0.3 is 0 Å². The SMILES string of the molecule is Cc1ccc(S(=O)(=O)C(NCC(=O)c2ccccc2)C2CCCC2)cc1. The van der Waals surface area contributed by atoms with Crippen molar-refractivity contribution in [1.82, 2.24) is 5.32 Å². The first-order valence-electron chi connectivity index (χ1n) is 9.10. The van der Waals surface area contributed by atoms with Crippen LogP contribution in [-0.2, 0) is 9.84 Å². The largest absolute Gasteiger partial charge is 0.293 e. The summed E-state index contributed by atoms with van der Waals surface area (Å²) in [6.45, 7) is 1.96. The van der Waals surface area contributed by atoms with Crippen LogP contribution in [0.3, 0.4) is 0 Å². The van der Waals surface area contributed by atoms with Gasteiger partial charge in [0.15, 0.2) is 15.6 Å². The highest BCUT2D eigenvalue weighted by Gasteiger charge is 2.36. The first kappa shape index (κ1) is 18.8. The van der Waals surface area contributed by atoms with Crippen molar-refractivity contribution in [1.29, 1.82) is 0 Å². The Hall–Kier alpha value is -1.98. The van der Waals surface area contributed by atoms with E-state index in [1.807, 2.05) is 37.3 Å². The van der Waals surface area contributed by atoms with Gasteiger partial charge in [0.25, 0.3) is 0 Å². The van der Waals surface area contributed by atoms with E-state index < -0.39 is 15.2 Å². The second-order valence-corrected chi connectivity index (χ2v) is 9.06. The van der Waals surface area contributed by atoms with Crippen molar-refractivity contribution >= 4 is 15.6 Å². The summed E-state index contributed by atoms with van der Waals surface area (Å²) in [5, 5.41) is 2.35. The summed E-state index contributed by atoms with van der Waals surface area (Å²) in [5.41, 5.74) is 1.62. The van der Waals surface area contributed by atoms with E-state index in [-0.39, 0.29) is 18.2 Å². The van der Waals surface area contributed by atoms with Crippen molar-refractivity contribution in [2.75, 3.05) is 6.54 Å². The molecule has 1 aliphatic rings. The third-order valence-electron chi connectivity index (χ3n) is 5.07. The summed E-state index contributed by atoms with van der Waals surface area (Å²) >= 11 is 0. The number of carbonyl (C=O) groups is 1. The third-order valence-corrected chi connectivity index (χ3v) is 7.22. The number of sulfone groups is 1. The second-order valence-electron chi connectivity index (χ2n) is 6.99. The second kappa shape index (κ2) is 8.14. The molecule has 3 rings (SSSR count). The minimum Gasteiger partial charge on any atom is -0.293 e. The van der Waals surface area contributed by atoms with Crippen LogP contribution < -0.4 is 5.32 Å². The van der Waals surface area contributed by atoms with Crippen LogP contribution in [0.2, 0.25) is 0 Å². The highest BCUT2D eigenvalue weighted by Crippen LogP contribution is 2.32. The Labute approximate surface area is 155 Å². The molecule has 0 aliphatic heterocycles. The van der Waals surface area contributed by atoms with Gasteiger partial charge in [-0.2, -0.15) is 0 Å². The summed E-state index contributed by atoms with van der Waals surface area (Å²) in [6, 6.07) is 15.9. The molecule has 1 saturated carbocycles. The van der Waals surface area contributed by atoms with E-state index in [2.05, 4.69) is 5.32 Å². The summed E-state index contributed by atoms with van der Waals surface area (Å²) in [4.78, 5) is 12.7. The predicted molar refractivity (Wildman–Crippen MR) is 103 cm³/mol. The molecule has 1 fully saturated rings. The van der Waals surface area contributed by atoms with E-state index in [9.17, 15) is 13.2 Å². The Kier molecular flexibility index (Phi) is 5.89. The first-order chi connectivity index (χ1) is 12.5. The fraction of sp³-hybridized carbons (Fsp3) is 0.381. The number of aryl methyl sites for hydroxylation is 1. The number of nitrogens with one attached hydrogen (secondary N) is 1. The molecule has 1 unspecified atom stereocenters. The zero-order valence-electron chi connectivity index (χ0n) is 15.0. The number of ketones is 1. The molecule has 1 atom stereocenters. The Morgan fingerprint density at radius 2 is 1.65 bits per heavy atom. The van der Waals surface area contributed by atoms with Crippen molar-refractivity contribution in [3.8, 4) is 0 Å². The summed E-state index contributed by atoms with van der Waals surface area (Å²) < 4.78 is 26.4. The molecule has 0 radical (unpaired) electrons. The minimum atomic E-state index is -3.54. The molecule has 0 saturated heterocycles. The molecule has 138 valence electrons. The fourth-order valence-electron chi connectivity index (χ4n) is 3.58. The molecule has 26 heavy (non-hydrogen) atoms. The first-order valence-corrected chi connectivity index (χ1v) is 10.7. The van der Waals surface area contributed by atoms with Crippen molar-refractivity contribution in [2.24, 2.45) is 5.92 Å². The summed E-state index contributed by atoms with van der Waals surface area (Å²) in [7, 11) is -3.54. The van der Waals surface area contributed by atoms with Gasteiger partial charge in [0.1, 0.15) is 5.37 Å². The predicted octanol–water partition coefficient (Wildman–Crippen LogP) is 3.76. The number of carbonyl (C=O) groups excluding carboxylic acids is 1. The number of hydrogen-bond donors (Lipinski definition) is 1. The van der Waals surface area contributed by atoms with Crippen molar-refractivity contribution in [3.05, 3.63) is 65.7 Å². The van der Waals surface area contributed by atoms with Crippen LogP contribution in [0.5, 0.6) is 0 Å². The highest BCUT2D eigenvalue weighted by molar-refractivity contribution is 7.92. The summed E-state index contributed by atoms with van der Waals surface area (Å²) in [5.74, 6) is -0.0439. The standard InChI is InChI=1S/C21H25NO3S/c1-16-11-13-19(14-12-16)26(24,25)21(18-9-5-6-10-18)22-15-20(23)17-7-3-2-4-8-17/h2-4,7-8,11-14,18,21-22H,5-6,9-10,15H2,1H3. The lowest BCUT2D eigenvalue weighted by atomic mass is 10.1. The Bertz CT molecular complexity index is 839. The van der Waals surface area contributed by atoms with Gasteiger partial charge in [0, 0.05) is 5.56 Å². The normalized spacial score (nSPS) is 16.5. The van der Waals surface area contributed by atoms with Crippen molar-refractivity contribution in [3.63, 3.8) is 0 Å².